The molecule has 1 atom stereocenters. The van der Waals surface area contributed by atoms with Gasteiger partial charge in [-0.2, -0.15) is 0 Å². The normalized spacial score (nSPS) is 24.5. The third-order valence-electron chi connectivity index (χ3n) is 7.56. The lowest BCUT2D eigenvalue weighted by Crippen LogP contribution is -2.58. The van der Waals surface area contributed by atoms with Crippen LogP contribution in [0, 0.1) is 0 Å². The molecular formula is C25H33N5O2. The van der Waals surface area contributed by atoms with E-state index >= 15 is 0 Å². The van der Waals surface area contributed by atoms with Crippen molar-refractivity contribution in [2.45, 2.75) is 37.8 Å². The van der Waals surface area contributed by atoms with Crippen molar-refractivity contribution in [3.05, 3.63) is 41.6 Å². The highest BCUT2D eigenvalue weighted by molar-refractivity contribution is 5.74. The van der Waals surface area contributed by atoms with Crippen molar-refractivity contribution in [2.75, 3.05) is 62.7 Å². The van der Waals surface area contributed by atoms with Crippen LogP contribution in [0.5, 0.6) is 5.75 Å². The third-order valence-corrected chi connectivity index (χ3v) is 7.56. The molecule has 4 aliphatic rings. The summed E-state index contributed by atoms with van der Waals surface area (Å²) in [5.74, 6) is 2.43. The molecule has 7 nitrogen and oxygen atoms in total. The first-order valence-corrected chi connectivity index (χ1v) is 12.1. The zero-order valence-corrected chi connectivity index (χ0v) is 18.8. The van der Waals surface area contributed by atoms with Gasteiger partial charge < -0.3 is 25.0 Å². The number of nitrogens with zero attached hydrogens (tertiary/aromatic N) is 3. The van der Waals surface area contributed by atoms with E-state index in [-0.39, 0.29) is 6.10 Å². The Kier molecular flexibility index (Phi) is 5.41. The molecule has 0 spiro atoms. The summed E-state index contributed by atoms with van der Waals surface area (Å²) >= 11 is 0. The van der Waals surface area contributed by atoms with Gasteiger partial charge in [-0.25, -0.2) is 4.98 Å². The lowest BCUT2D eigenvalue weighted by atomic mass is 9.88. The second kappa shape index (κ2) is 8.54. The van der Waals surface area contributed by atoms with Crippen molar-refractivity contribution in [2.24, 2.45) is 0 Å². The quantitative estimate of drug-likeness (QED) is 0.767. The number of ether oxygens (including phenoxy) is 2. The van der Waals surface area contributed by atoms with Gasteiger partial charge in [-0.15, -0.1) is 0 Å². The van der Waals surface area contributed by atoms with Crippen molar-refractivity contribution in [1.29, 1.82) is 0 Å². The van der Waals surface area contributed by atoms with Gasteiger partial charge in [0.2, 0.25) is 0 Å². The van der Waals surface area contributed by atoms with Crippen LogP contribution >= 0.6 is 0 Å². The fraction of sp³-hybridized carbons (Fsp3) is 0.560. The number of piperidine rings is 1. The van der Waals surface area contributed by atoms with Crippen LogP contribution in [0.4, 0.5) is 17.2 Å². The summed E-state index contributed by atoms with van der Waals surface area (Å²) in [6.07, 6.45) is 4.28. The smallest absolute Gasteiger partial charge is 0.143 e. The fourth-order valence-electron chi connectivity index (χ4n) is 5.55. The van der Waals surface area contributed by atoms with Gasteiger partial charge in [0.25, 0.3) is 0 Å². The minimum Gasteiger partial charge on any atom is -0.484 e. The zero-order chi connectivity index (χ0) is 21.5. The Bertz CT molecular complexity index is 965. The SMILES string of the molecule is C[C@@H]1Oc2ccc(C3CCN(C4CNC4)CC3)cc2Nc2nccc(N3CCOCC3)c21. The predicted octanol–water partition coefficient (Wildman–Crippen LogP) is 3.27. The molecule has 32 heavy (non-hydrogen) atoms. The van der Waals surface area contributed by atoms with E-state index in [0.717, 1.165) is 68.3 Å². The molecule has 2 aromatic rings. The second-order valence-electron chi connectivity index (χ2n) is 9.45. The van der Waals surface area contributed by atoms with Crippen molar-refractivity contribution in [3.8, 4) is 5.75 Å². The molecule has 3 saturated heterocycles. The van der Waals surface area contributed by atoms with Gasteiger partial charge in [-0.1, -0.05) is 6.07 Å². The summed E-state index contributed by atoms with van der Waals surface area (Å²) in [6, 6.07) is 9.58. The van der Waals surface area contributed by atoms with Crippen LogP contribution in [0.1, 0.15) is 42.9 Å². The Hall–Kier alpha value is -2.35. The van der Waals surface area contributed by atoms with Crippen molar-refractivity contribution in [3.63, 3.8) is 0 Å². The molecule has 3 fully saturated rings. The maximum Gasteiger partial charge on any atom is 0.143 e. The highest BCUT2D eigenvalue weighted by Crippen LogP contribution is 2.43. The van der Waals surface area contributed by atoms with Crippen molar-refractivity contribution >= 4 is 17.2 Å². The summed E-state index contributed by atoms with van der Waals surface area (Å²) in [4.78, 5) is 9.76. The molecule has 0 aliphatic carbocycles. The lowest BCUT2D eigenvalue weighted by Gasteiger charge is -2.42. The monoisotopic (exact) mass is 435 g/mol. The van der Waals surface area contributed by atoms with Crippen LogP contribution in [0.3, 0.4) is 0 Å². The van der Waals surface area contributed by atoms with Gasteiger partial charge in [0.05, 0.1) is 24.5 Å². The minimum absolute atomic E-state index is 0.0736. The van der Waals surface area contributed by atoms with E-state index in [1.54, 1.807) is 0 Å². The van der Waals surface area contributed by atoms with Crippen LogP contribution in [-0.2, 0) is 4.74 Å². The Morgan fingerprint density at radius 3 is 2.59 bits per heavy atom. The van der Waals surface area contributed by atoms with Gasteiger partial charge in [0, 0.05) is 44.1 Å². The molecule has 170 valence electrons. The molecule has 1 aromatic heterocycles. The fourth-order valence-corrected chi connectivity index (χ4v) is 5.55. The molecule has 0 amide bonds. The lowest BCUT2D eigenvalue weighted by molar-refractivity contribution is 0.113. The molecule has 6 rings (SSSR count). The van der Waals surface area contributed by atoms with Crippen LogP contribution in [-0.4, -0.2) is 68.4 Å². The van der Waals surface area contributed by atoms with Gasteiger partial charge >= 0.3 is 0 Å². The van der Waals surface area contributed by atoms with E-state index in [9.17, 15) is 0 Å². The van der Waals surface area contributed by atoms with E-state index in [1.165, 1.54) is 37.2 Å². The average molecular weight is 436 g/mol. The molecule has 0 unspecified atom stereocenters. The summed E-state index contributed by atoms with van der Waals surface area (Å²) < 4.78 is 12.0. The molecule has 1 aromatic carbocycles. The van der Waals surface area contributed by atoms with E-state index in [2.05, 4.69) is 51.6 Å². The number of likely N-dealkylation sites (tertiary alicyclic amines) is 1. The van der Waals surface area contributed by atoms with E-state index < -0.39 is 0 Å². The number of nitrogens with one attached hydrogen (secondary N) is 2. The van der Waals surface area contributed by atoms with Crippen molar-refractivity contribution < 1.29 is 9.47 Å². The molecule has 5 heterocycles. The first-order chi connectivity index (χ1) is 15.8. The summed E-state index contributed by atoms with van der Waals surface area (Å²) in [5, 5.41) is 7.02. The van der Waals surface area contributed by atoms with Crippen LogP contribution < -0.4 is 20.3 Å². The molecule has 2 N–H and O–H groups in total. The number of pyridine rings is 1. The number of aromatic nitrogens is 1. The first-order valence-electron chi connectivity index (χ1n) is 12.1. The number of rotatable bonds is 3. The van der Waals surface area contributed by atoms with Crippen LogP contribution in [0.15, 0.2) is 30.5 Å². The molecular weight excluding hydrogens is 402 g/mol. The number of morpholine rings is 1. The highest BCUT2D eigenvalue weighted by Gasteiger charge is 2.30. The molecule has 0 saturated carbocycles. The Morgan fingerprint density at radius 2 is 1.84 bits per heavy atom. The topological polar surface area (TPSA) is 61.9 Å². The Balaban J connectivity index is 1.24. The van der Waals surface area contributed by atoms with E-state index in [1.807, 2.05) is 6.20 Å². The Labute approximate surface area is 190 Å². The summed E-state index contributed by atoms with van der Waals surface area (Å²) in [7, 11) is 0. The maximum absolute atomic E-state index is 6.45. The molecule has 0 bridgehead atoms. The zero-order valence-electron chi connectivity index (χ0n) is 18.8. The number of hydrogen-bond acceptors (Lipinski definition) is 7. The van der Waals surface area contributed by atoms with Crippen LogP contribution in [0.2, 0.25) is 0 Å². The standard InChI is InChI=1S/C25H33N5O2/c1-17-24-22(30-10-12-31-13-11-30)4-7-27-25(24)28-21-14-19(2-3-23(21)32-17)18-5-8-29(9-6-18)20-15-26-16-20/h2-4,7,14,17-18,20,26H,5-6,8-13,15-16H2,1H3,(H,27,28)/t17-/m0/s1. The average Bonchev–Trinajstić information content (AvgIpc) is 2.94. The number of benzene rings is 1. The number of hydrogen-bond donors (Lipinski definition) is 2. The highest BCUT2D eigenvalue weighted by atomic mass is 16.5. The first kappa shape index (κ1) is 20.3. The largest absolute Gasteiger partial charge is 0.484 e. The summed E-state index contributed by atoms with van der Waals surface area (Å²) in [6.45, 7) is 10.2. The maximum atomic E-state index is 6.45. The van der Waals surface area contributed by atoms with Gasteiger partial charge in [0.1, 0.15) is 17.7 Å². The predicted molar refractivity (Wildman–Crippen MR) is 126 cm³/mol. The molecule has 4 aliphatic heterocycles. The van der Waals surface area contributed by atoms with E-state index in [0.29, 0.717) is 5.92 Å². The second-order valence-corrected chi connectivity index (χ2v) is 9.45. The Morgan fingerprint density at radius 1 is 1.03 bits per heavy atom. The van der Waals surface area contributed by atoms with Gasteiger partial charge in [-0.05, 0) is 62.5 Å². The molecule has 7 heteroatoms. The number of fused-ring (bicyclic) bond motifs is 2. The van der Waals surface area contributed by atoms with Crippen LogP contribution in [0.25, 0.3) is 0 Å². The van der Waals surface area contributed by atoms with E-state index in [4.69, 9.17) is 14.5 Å². The number of anilines is 3. The minimum atomic E-state index is -0.0736. The molecule has 0 radical (unpaired) electrons. The van der Waals surface area contributed by atoms with Gasteiger partial charge in [-0.3, -0.25) is 4.90 Å². The van der Waals surface area contributed by atoms with Gasteiger partial charge in [0.15, 0.2) is 0 Å². The van der Waals surface area contributed by atoms with Crippen molar-refractivity contribution in [1.82, 2.24) is 15.2 Å². The summed E-state index contributed by atoms with van der Waals surface area (Å²) in [5.41, 5.74) is 4.77. The third kappa shape index (κ3) is 3.72.